The summed E-state index contributed by atoms with van der Waals surface area (Å²) >= 11 is 0. The van der Waals surface area contributed by atoms with Crippen LogP contribution < -0.4 is 5.32 Å². The highest BCUT2D eigenvalue weighted by Crippen LogP contribution is 2.49. The van der Waals surface area contributed by atoms with Gasteiger partial charge in [0.05, 0.1) is 0 Å². The van der Waals surface area contributed by atoms with Crippen LogP contribution in [0.5, 0.6) is 0 Å². The van der Waals surface area contributed by atoms with Crippen LogP contribution in [0.1, 0.15) is 38.2 Å². The topological polar surface area (TPSA) is 12.0 Å². The van der Waals surface area contributed by atoms with Crippen LogP contribution in [0.15, 0.2) is 36.9 Å². The Bertz CT molecular complexity index is 436. The number of hydrogen-bond donors (Lipinski definition) is 1. The minimum Gasteiger partial charge on any atom is -0.310 e. The number of fused-ring (bicyclic) bond motifs is 2. The number of nitrogens with one attached hydrogen (secondary N) is 1. The predicted octanol–water partition coefficient (Wildman–Crippen LogP) is 4.11. The van der Waals surface area contributed by atoms with Gasteiger partial charge in [0.1, 0.15) is 0 Å². The Balaban J connectivity index is 1.51. The standard InChI is InChI=1S/C18H25N/c1-13(16-6-4-3-5-7-16)12-19-14(2)18-11-15-8-9-17(18)10-15/h3-7,14-15,17-19H,1,8-12H2,2H3. The minimum atomic E-state index is 0.635. The third kappa shape index (κ3) is 2.76. The lowest BCUT2D eigenvalue weighted by Crippen LogP contribution is -2.37. The molecule has 19 heavy (non-hydrogen) atoms. The summed E-state index contributed by atoms with van der Waals surface area (Å²) in [6, 6.07) is 11.1. The summed E-state index contributed by atoms with van der Waals surface area (Å²) in [7, 11) is 0. The van der Waals surface area contributed by atoms with Gasteiger partial charge in [0.2, 0.25) is 0 Å². The summed E-state index contributed by atoms with van der Waals surface area (Å²) in [6.07, 6.45) is 5.92. The smallest absolute Gasteiger partial charge is 0.0208 e. The maximum Gasteiger partial charge on any atom is 0.0208 e. The van der Waals surface area contributed by atoms with Gasteiger partial charge in [-0.1, -0.05) is 43.3 Å². The van der Waals surface area contributed by atoms with Crippen LogP contribution in [0.25, 0.3) is 5.57 Å². The average Bonchev–Trinajstić information content (AvgIpc) is 3.08. The molecule has 0 amide bonds. The van der Waals surface area contributed by atoms with Gasteiger partial charge in [-0.3, -0.25) is 0 Å². The molecule has 4 atom stereocenters. The first-order valence-corrected chi connectivity index (χ1v) is 7.70. The van der Waals surface area contributed by atoms with E-state index < -0.39 is 0 Å². The molecular weight excluding hydrogens is 230 g/mol. The number of rotatable bonds is 5. The van der Waals surface area contributed by atoms with Gasteiger partial charge in [0.15, 0.2) is 0 Å². The van der Waals surface area contributed by atoms with Crippen molar-refractivity contribution in [1.29, 1.82) is 0 Å². The number of benzene rings is 1. The zero-order valence-electron chi connectivity index (χ0n) is 11.9. The Kier molecular flexibility index (Phi) is 3.74. The van der Waals surface area contributed by atoms with Gasteiger partial charge in [-0.2, -0.15) is 0 Å². The molecule has 0 radical (unpaired) electrons. The molecule has 2 fully saturated rings. The first-order valence-electron chi connectivity index (χ1n) is 7.70. The van der Waals surface area contributed by atoms with Gasteiger partial charge in [-0.05, 0) is 55.1 Å². The normalized spacial score (nSPS) is 30.5. The zero-order chi connectivity index (χ0) is 13.2. The van der Waals surface area contributed by atoms with Crippen molar-refractivity contribution in [3.63, 3.8) is 0 Å². The molecule has 0 heterocycles. The second kappa shape index (κ2) is 5.50. The second-order valence-corrected chi connectivity index (χ2v) is 6.48. The third-order valence-electron chi connectivity index (χ3n) is 5.25. The van der Waals surface area contributed by atoms with Crippen LogP contribution in [0.4, 0.5) is 0 Å². The van der Waals surface area contributed by atoms with Crippen LogP contribution in [-0.2, 0) is 0 Å². The summed E-state index contributed by atoms with van der Waals surface area (Å²) in [5, 5.41) is 3.71. The fourth-order valence-corrected chi connectivity index (χ4v) is 4.12. The van der Waals surface area contributed by atoms with Crippen molar-refractivity contribution in [2.75, 3.05) is 6.54 Å². The average molecular weight is 255 g/mol. The molecule has 0 saturated heterocycles. The van der Waals surface area contributed by atoms with E-state index in [9.17, 15) is 0 Å². The lowest BCUT2D eigenvalue weighted by molar-refractivity contribution is 0.266. The maximum absolute atomic E-state index is 4.21. The fourth-order valence-electron chi connectivity index (χ4n) is 4.12. The quantitative estimate of drug-likeness (QED) is 0.834. The molecule has 4 unspecified atom stereocenters. The Hall–Kier alpha value is -1.08. The largest absolute Gasteiger partial charge is 0.310 e. The van der Waals surface area contributed by atoms with E-state index in [2.05, 4.69) is 49.2 Å². The van der Waals surface area contributed by atoms with E-state index in [-0.39, 0.29) is 0 Å². The Morgan fingerprint density at radius 2 is 2.05 bits per heavy atom. The minimum absolute atomic E-state index is 0.635. The summed E-state index contributed by atoms with van der Waals surface area (Å²) in [5.41, 5.74) is 2.46. The molecule has 0 aliphatic heterocycles. The van der Waals surface area contributed by atoms with Crippen molar-refractivity contribution in [3.8, 4) is 0 Å². The molecular formula is C18H25N. The van der Waals surface area contributed by atoms with Crippen molar-refractivity contribution >= 4 is 5.57 Å². The molecule has 1 aromatic carbocycles. The first-order chi connectivity index (χ1) is 9.24. The van der Waals surface area contributed by atoms with Crippen LogP contribution >= 0.6 is 0 Å². The molecule has 2 saturated carbocycles. The molecule has 2 aliphatic rings. The van der Waals surface area contributed by atoms with Crippen molar-refractivity contribution in [1.82, 2.24) is 5.32 Å². The molecule has 3 rings (SSSR count). The highest BCUT2D eigenvalue weighted by Gasteiger charge is 2.41. The zero-order valence-corrected chi connectivity index (χ0v) is 11.9. The van der Waals surface area contributed by atoms with E-state index in [1.54, 1.807) is 0 Å². The Morgan fingerprint density at radius 3 is 2.68 bits per heavy atom. The molecule has 2 bridgehead atoms. The fraction of sp³-hybridized carbons (Fsp3) is 0.556. The van der Waals surface area contributed by atoms with Crippen molar-refractivity contribution < 1.29 is 0 Å². The van der Waals surface area contributed by atoms with Gasteiger partial charge >= 0.3 is 0 Å². The van der Waals surface area contributed by atoms with Gasteiger partial charge in [-0.15, -0.1) is 0 Å². The Morgan fingerprint density at radius 1 is 1.26 bits per heavy atom. The lowest BCUT2D eigenvalue weighted by Gasteiger charge is -2.29. The maximum atomic E-state index is 4.21. The van der Waals surface area contributed by atoms with E-state index in [4.69, 9.17) is 0 Å². The van der Waals surface area contributed by atoms with Crippen LogP contribution in [0, 0.1) is 17.8 Å². The second-order valence-electron chi connectivity index (χ2n) is 6.48. The third-order valence-corrected chi connectivity index (χ3v) is 5.25. The first kappa shape index (κ1) is 12.9. The monoisotopic (exact) mass is 255 g/mol. The summed E-state index contributed by atoms with van der Waals surface area (Å²) in [5.74, 6) is 2.94. The molecule has 0 aromatic heterocycles. The van der Waals surface area contributed by atoms with Crippen LogP contribution in [0.3, 0.4) is 0 Å². The van der Waals surface area contributed by atoms with Crippen molar-refractivity contribution in [3.05, 3.63) is 42.5 Å². The van der Waals surface area contributed by atoms with Crippen LogP contribution in [0.2, 0.25) is 0 Å². The Labute approximate surface area is 117 Å². The van der Waals surface area contributed by atoms with Crippen LogP contribution in [-0.4, -0.2) is 12.6 Å². The predicted molar refractivity (Wildman–Crippen MR) is 81.9 cm³/mol. The number of hydrogen-bond acceptors (Lipinski definition) is 1. The summed E-state index contributed by atoms with van der Waals surface area (Å²) < 4.78 is 0. The van der Waals surface area contributed by atoms with E-state index in [1.165, 1.54) is 36.8 Å². The SMILES string of the molecule is C=C(CNC(C)C1CC2CCC1C2)c1ccccc1. The summed E-state index contributed by atoms with van der Waals surface area (Å²) in [4.78, 5) is 0. The molecule has 1 nitrogen and oxygen atoms in total. The molecule has 2 aliphatic carbocycles. The molecule has 102 valence electrons. The lowest BCUT2D eigenvalue weighted by atomic mass is 9.84. The molecule has 1 N–H and O–H groups in total. The van der Waals surface area contributed by atoms with Crippen molar-refractivity contribution in [2.24, 2.45) is 17.8 Å². The van der Waals surface area contributed by atoms with E-state index >= 15 is 0 Å². The van der Waals surface area contributed by atoms with Gasteiger partial charge in [-0.25, -0.2) is 0 Å². The highest BCUT2D eigenvalue weighted by atomic mass is 14.9. The summed E-state index contributed by atoms with van der Waals surface area (Å²) in [6.45, 7) is 7.49. The highest BCUT2D eigenvalue weighted by molar-refractivity contribution is 5.64. The molecule has 0 spiro atoms. The molecule has 1 heteroatoms. The van der Waals surface area contributed by atoms with Crippen molar-refractivity contribution in [2.45, 2.75) is 38.6 Å². The van der Waals surface area contributed by atoms with Gasteiger partial charge in [0, 0.05) is 12.6 Å². The van der Waals surface area contributed by atoms with Gasteiger partial charge in [0.25, 0.3) is 0 Å². The molecule has 1 aromatic rings. The van der Waals surface area contributed by atoms with E-state index in [0.717, 1.165) is 24.3 Å². The van der Waals surface area contributed by atoms with E-state index in [1.807, 2.05) is 0 Å². The van der Waals surface area contributed by atoms with E-state index in [0.29, 0.717) is 6.04 Å². The van der Waals surface area contributed by atoms with Gasteiger partial charge < -0.3 is 5.32 Å².